The van der Waals surface area contributed by atoms with Crippen LogP contribution in [0.5, 0.6) is 11.5 Å². The number of nitrogens with one attached hydrogen (secondary N) is 1. The second-order valence-corrected chi connectivity index (χ2v) is 10.1. The molecule has 1 heterocycles. The molecule has 1 fully saturated rings. The lowest BCUT2D eigenvalue weighted by Gasteiger charge is -2.13. The van der Waals surface area contributed by atoms with E-state index in [2.05, 4.69) is 5.32 Å². The highest BCUT2D eigenvalue weighted by molar-refractivity contribution is 8.18. The third-order valence-electron chi connectivity index (χ3n) is 5.64. The van der Waals surface area contributed by atoms with Crippen LogP contribution in [0.25, 0.3) is 6.08 Å². The van der Waals surface area contributed by atoms with Gasteiger partial charge in [-0.3, -0.25) is 19.3 Å². The van der Waals surface area contributed by atoms with Gasteiger partial charge in [-0.15, -0.1) is 0 Å². The largest absolute Gasteiger partial charge is 0.490 e. The van der Waals surface area contributed by atoms with Crippen LogP contribution in [0.3, 0.4) is 0 Å². The standard InChI is InChI=1S/C30H27ClN2O7S/c1-2-14-40-29(36)23-18-21(12-13-24(23)31)32-27(34)19-33-28(35)26(41-30(33)37)17-20-8-6-7-11-25(20)39-16-15-38-22-9-4-3-5-10-22/h3-13,17-18H,2,14-16,19H2,1H3,(H,32,34)/b26-17+. The molecular weight excluding hydrogens is 568 g/mol. The van der Waals surface area contributed by atoms with E-state index in [4.69, 9.17) is 25.8 Å². The molecule has 0 unspecified atom stereocenters. The van der Waals surface area contributed by atoms with Crippen LogP contribution in [-0.4, -0.2) is 54.3 Å². The molecule has 0 saturated carbocycles. The summed E-state index contributed by atoms with van der Waals surface area (Å²) >= 11 is 6.84. The van der Waals surface area contributed by atoms with Crippen molar-refractivity contribution in [2.45, 2.75) is 13.3 Å². The van der Waals surface area contributed by atoms with Crippen molar-refractivity contribution in [1.29, 1.82) is 0 Å². The Balaban J connectivity index is 1.37. The first-order valence-corrected chi connectivity index (χ1v) is 14.0. The molecule has 3 amide bonds. The third kappa shape index (κ3) is 8.12. The Morgan fingerprint density at radius 2 is 1.68 bits per heavy atom. The zero-order valence-electron chi connectivity index (χ0n) is 22.1. The number of imide groups is 1. The van der Waals surface area contributed by atoms with Gasteiger partial charge in [0.1, 0.15) is 31.3 Å². The van der Waals surface area contributed by atoms with E-state index in [1.807, 2.05) is 37.3 Å². The highest BCUT2D eigenvalue weighted by Gasteiger charge is 2.36. The number of hydrogen-bond donors (Lipinski definition) is 1. The molecule has 1 saturated heterocycles. The van der Waals surface area contributed by atoms with Crippen molar-refractivity contribution in [3.8, 4) is 11.5 Å². The Morgan fingerprint density at radius 3 is 2.46 bits per heavy atom. The molecule has 0 bridgehead atoms. The number of rotatable bonds is 12. The monoisotopic (exact) mass is 594 g/mol. The Morgan fingerprint density at radius 1 is 0.951 bits per heavy atom. The smallest absolute Gasteiger partial charge is 0.339 e. The highest BCUT2D eigenvalue weighted by Crippen LogP contribution is 2.34. The fourth-order valence-corrected chi connectivity index (χ4v) is 4.74. The first-order valence-electron chi connectivity index (χ1n) is 12.8. The van der Waals surface area contributed by atoms with Crippen LogP contribution < -0.4 is 14.8 Å². The third-order valence-corrected chi connectivity index (χ3v) is 6.88. The number of esters is 1. The van der Waals surface area contributed by atoms with Crippen molar-refractivity contribution in [3.63, 3.8) is 0 Å². The quantitative estimate of drug-likeness (QED) is 0.153. The summed E-state index contributed by atoms with van der Waals surface area (Å²) in [5.41, 5.74) is 0.970. The fourth-order valence-electron chi connectivity index (χ4n) is 3.71. The number of benzene rings is 3. The van der Waals surface area contributed by atoms with E-state index in [0.717, 1.165) is 22.4 Å². The van der Waals surface area contributed by atoms with Gasteiger partial charge in [-0.2, -0.15) is 0 Å². The molecule has 1 aliphatic rings. The van der Waals surface area contributed by atoms with Gasteiger partial charge in [-0.25, -0.2) is 4.79 Å². The maximum absolute atomic E-state index is 13.0. The van der Waals surface area contributed by atoms with E-state index >= 15 is 0 Å². The molecule has 0 aliphatic carbocycles. The van der Waals surface area contributed by atoms with Crippen molar-refractivity contribution in [2.75, 3.05) is 31.7 Å². The van der Waals surface area contributed by atoms with E-state index < -0.39 is 29.6 Å². The number of ether oxygens (including phenoxy) is 3. The lowest BCUT2D eigenvalue weighted by Crippen LogP contribution is -2.36. The summed E-state index contributed by atoms with van der Waals surface area (Å²) in [5.74, 6) is -0.585. The van der Waals surface area contributed by atoms with Gasteiger partial charge in [0.05, 0.1) is 22.1 Å². The summed E-state index contributed by atoms with van der Waals surface area (Å²) in [5, 5.41) is 2.19. The van der Waals surface area contributed by atoms with Gasteiger partial charge < -0.3 is 19.5 Å². The molecule has 0 atom stereocenters. The lowest BCUT2D eigenvalue weighted by molar-refractivity contribution is -0.127. The van der Waals surface area contributed by atoms with Crippen LogP contribution in [0.4, 0.5) is 10.5 Å². The van der Waals surface area contributed by atoms with E-state index in [9.17, 15) is 19.2 Å². The molecule has 3 aromatic rings. The summed E-state index contributed by atoms with van der Waals surface area (Å²) in [6, 6.07) is 20.8. The molecule has 212 valence electrons. The number of amides is 3. The van der Waals surface area contributed by atoms with Gasteiger partial charge in [-0.1, -0.05) is 54.9 Å². The van der Waals surface area contributed by atoms with Crippen LogP contribution in [-0.2, 0) is 14.3 Å². The highest BCUT2D eigenvalue weighted by atomic mass is 35.5. The van der Waals surface area contributed by atoms with Crippen LogP contribution >= 0.6 is 23.4 Å². The Kier molecular flexibility index (Phi) is 10.4. The predicted molar refractivity (Wildman–Crippen MR) is 157 cm³/mol. The molecule has 11 heteroatoms. The molecule has 1 aliphatic heterocycles. The second-order valence-electron chi connectivity index (χ2n) is 8.69. The van der Waals surface area contributed by atoms with E-state index in [1.165, 1.54) is 18.2 Å². The first-order chi connectivity index (χ1) is 19.9. The average Bonchev–Trinajstić information content (AvgIpc) is 3.23. The number of carbonyl (C=O) groups excluding carboxylic acids is 4. The van der Waals surface area contributed by atoms with Gasteiger partial charge in [-0.05, 0) is 60.7 Å². The van der Waals surface area contributed by atoms with E-state index in [0.29, 0.717) is 24.3 Å². The van der Waals surface area contributed by atoms with E-state index in [1.54, 1.807) is 30.3 Å². The minimum atomic E-state index is -0.620. The van der Waals surface area contributed by atoms with Crippen LogP contribution in [0.1, 0.15) is 29.3 Å². The van der Waals surface area contributed by atoms with Gasteiger partial charge in [0.2, 0.25) is 5.91 Å². The van der Waals surface area contributed by atoms with Crippen molar-refractivity contribution in [1.82, 2.24) is 4.90 Å². The molecule has 0 radical (unpaired) electrons. The minimum Gasteiger partial charge on any atom is -0.490 e. The Hall–Kier alpha value is -4.28. The van der Waals surface area contributed by atoms with Crippen molar-refractivity contribution in [3.05, 3.63) is 93.9 Å². The maximum atomic E-state index is 13.0. The molecule has 4 rings (SSSR count). The SMILES string of the molecule is CCCOC(=O)c1cc(NC(=O)CN2C(=O)S/C(=C/c3ccccc3OCCOc3ccccc3)C2=O)ccc1Cl. The van der Waals surface area contributed by atoms with Crippen molar-refractivity contribution < 1.29 is 33.4 Å². The molecule has 0 aromatic heterocycles. The average molecular weight is 595 g/mol. The summed E-state index contributed by atoms with van der Waals surface area (Å²) < 4.78 is 16.6. The topological polar surface area (TPSA) is 111 Å². The number of nitrogens with zero attached hydrogens (tertiary/aromatic N) is 1. The van der Waals surface area contributed by atoms with Gasteiger partial charge in [0.25, 0.3) is 11.1 Å². The Labute approximate surface area is 246 Å². The number of para-hydroxylation sites is 2. The second kappa shape index (κ2) is 14.4. The maximum Gasteiger partial charge on any atom is 0.339 e. The predicted octanol–water partition coefficient (Wildman–Crippen LogP) is 6.04. The number of thioether (sulfide) groups is 1. The molecule has 0 spiro atoms. The van der Waals surface area contributed by atoms with E-state index in [-0.39, 0.29) is 34.4 Å². The summed E-state index contributed by atoms with van der Waals surface area (Å²) in [6.45, 7) is 2.18. The molecule has 9 nitrogen and oxygen atoms in total. The Bertz CT molecular complexity index is 1460. The minimum absolute atomic E-state index is 0.0968. The number of carbonyl (C=O) groups is 4. The van der Waals surface area contributed by atoms with Gasteiger partial charge >= 0.3 is 5.97 Å². The molecule has 41 heavy (non-hydrogen) atoms. The van der Waals surface area contributed by atoms with Crippen LogP contribution in [0.15, 0.2) is 77.7 Å². The molecule has 3 aromatic carbocycles. The first kappa shape index (κ1) is 29.7. The molecular formula is C30H27ClN2O7S. The fraction of sp³-hybridized carbons (Fsp3) is 0.200. The van der Waals surface area contributed by atoms with Crippen molar-refractivity contribution in [2.24, 2.45) is 0 Å². The van der Waals surface area contributed by atoms with Crippen LogP contribution in [0, 0.1) is 0 Å². The van der Waals surface area contributed by atoms with Gasteiger partial charge in [0, 0.05) is 11.3 Å². The zero-order chi connectivity index (χ0) is 29.2. The summed E-state index contributed by atoms with van der Waals surface area (Å²) in [7, 11) is 0. The summed E-state index contributed by atoms with van der Waals surface area (Å²) in [6.07, 6.45) is 2.21. The zero-order valence-corrected chi connectivity index (χ0v) is 23.7. The normalized spacial score (nSPS) is 13.8. The van der Waals surface area contributed by atoms with Crippen LogP contribution in [0.2, 0.25) is 5.02 Å². The lowest BCUT2D eigenvalue weighted by atomic mass is 10.2. The number of halogens is 1. The molecule has 1 N–H and O–H groups in total. The van der Waals surface area contributed by atoms with Gasteiger partial charge in [0.15, 0.2) is 0 Å². The van der Waals surface area contributed by atoms with Crippen molar-refractivity contribution >= 4 is 58.1 Å². The number of hydrogen-bond acceptors (Lipinski definition) is 8. The summed E-state index contributed by atoms with van der Waals surface area (Å²) in [4.78, 5) is 51.6. The number of anilines is 1.